The van der Waals surface area contributed by atoms with E-state index in [1.54, 1.807) is 48.5 Å². The van der Waals surface area contributed by atoms with Gasteiger partial charge < -0.3 is 20.7 Å². The van der Waals surface area contributed by atoms with Gasteiger partial charge in [-0.05, 0) is 39.8 Å². The smallest absolute Gasteiger partial charge is 0.326 e. The second-order valence-electron chi connectivity index (χ2n) is 7.97. The van der Waals surface area contributed by atoms with Crippen molar-refractivity contribution in [2.75, 3.05) is 5.75 Å². The number of carboxylic acids is 1. The van der Waals surface area contributed by atoms with E-state index >= 15 is 0 Å². The van der Waals surface area contributed by atoms with Crippen molar-refractivity contribution >= 4 is 27.9 Å². The summed E-state index contributed by atoms with van der Waals surface area (Å²) >= 11 is 0. The Morgan fingerprint density at radius 1 is 0.857 bits per heavy atom. The molecule has 0 saturated carbocycles. The first-order chi connectivity index (χ1) is 16.8. The number of hydrogen-bond donors (Lipinski definition) is 3. The van der Waals surface area contributed by atoms with Gasteiger partial charge in [-0.1, -0.05) is 83.2 Å². The van der Waals surface area contributed by atoms with E-state index < -0.39 is 45.7 Å². The lowest BCUT2D eigenvalue weighted by molar-refractivity contribution is -0.141. The molecule has 35 heavy (non-hydrogen) atoms. The lowest BCUT2D eigenvalue weighted by Crippen LogP contribution is -2.45. The topological polar surface area (TPSA) is 145 Å². The fourth-order valence-electron chi connectivity index (χ4n) is 3.43. The minimum Gasteiger partial charge on any atom is -0.626 e. The third-order valence-corrected chi connectivity index (χ3v) is 7.34. The van der Waals surface area contributed by atoms with Gasteiger partial charge in [0.05, 0.1) is 6.04 Å². The van der Waals surface area contributed by atoms with E-state index in [1.807, 2.05) is 30.3 Å². The van der Waals surface area contributed by atoms with Crippen LogP contribution >= 0.6 is 0 Å². The van der Waals surface area contributed by atoms with Gasteiger partial charge in [-0.2, -0.15) is 0 Å². The third-order valence-electron chi connectivity index (χ3n) is 5.21. The molecular formula is C26H27N3O5S. The van der Waals surface area contributed by atoms with E-state index in [2.05, 4.69) is 9.68 Å². The van der Waals surface area contributed by atoms with Crippen molar-refractivity contribution in [3.05, 3.63) is 102 Å². The summed E-state index contributed by atoms with van der Waals surface area (Å²) in [5.41, 5.74) is 7.56. The summed E-state index contributed by atoms with van der Waals surface area (Å²) in [6, 6.07) is 23.6. The average Bonchev–Trinajstić information content (AvgIpc) is 2.85. The van der Waals surface area contributed by atoms with Gasteiger partial charge in [-0.3, -0.25) is 9.59 Å². The first-order valence-corrected chi connectivity index (χ1v) is 12.6. The number of nitrogens with one attached hydrogen (secondary N) is 1. The van der Waals surface area contributed by atoms with Gasteiger partial charge in [0.1, 0.15) is 10.9 Å². The molecule has 0 aliphatic heterocycles. The van der Waals surface area contributed by atoms with Gasteiger partial charge in [0, 0.05) is 6.42 Å². The number of aliphatic carboxylic acids is 1. The fraction of sp³-hybridized carbons (Fsp3) is 0.192. The molecule has 3 atom stereocenters. The monoisotopic (exact) mass is 493 g/mol. The number of amides is 2. The largest absolute Gasteiger partial charge is 0.626 e. The van der Waals surface area contributed by atoms with Gasteiger partial charge in [-0.15, -0.1) is 0 Å². The molecule has 0 heterocycles. The molecule has 0 aromatic heterocycles. The quantitative estimate of drug-likeness (QED) is 0.370. The molecule has 0 bridgehead atoms. The van der Waals surface area contributed by atoms with E-state index in [1.165, 1.54) is 12.1 Å². The summed E-state index contributed by atoms with van der Waals surface area (Å²) in [4.78, 5) is 37.5. The van der Waals surface area contributed by atoms with Crippen LogP contribution in [0.4, 0.5) is 0 Å². The van der Waals surface area contributed by atoms with Gasteiger partial charge in [0.2, 0.25) is 0 Å². The molecule has 0 saturated heterocycles. The molecule has 1 unspecified atom stereocenters. The van der Waals surface area contributed by atoms with Crippen LogP contribution in [0.15, 0.2) is 100 Å². The van der Waals surface area contributed by atoms with Crippen LogP contribution in [0.25, 0.3) is 0 Å². The summed E-state index contributed by atoms with van der Waals surface area (Å²) in [5.74, 6) is -3.50. The molecule has 0 aliphatic rings. The second-order valence-corrected chi connectivity index (χ2v) is 10.2. The Labute approximate surface area is 205 Å². The molecular weight excluding hydrogens is 466 g/mol. The molecule has 0 radical (unpaired) electrons. The number of carbonyl (C=O) groups is 3. The predicted octanol–water partition coefficient (Wildman–Crippen LogP) is 2.42. The van der Waals surface area contributed by atoms with Gasteiger partial charge >= 0.3 is 11.9 Å². The van der Waals surface area contributed by atoms with Crippen LogP contribution in [0.2, 0.25) is 0 Å². The normalized spacial score (nSPS) is 14.2. The zero-order valence-corrected chi connectivity index (χ0v) is 19.8. The highest BCUT2D eigenvalue weighted by atomic mass is 32.3. The SMILES string of the molecule is N[C@H](Cc1ccccc1)C(=O)N=[S+]([O-])(CC(=O)N[C@H](Cc1ccccc1)C(=O)O)c1ccccc1. The lowest BCUT2D eigenvalue weighted by atomic mass is 10.1. The van der Waals surface area contributed by atoms with Crippen LogP contribution in [0.5, 0.6) is 0 Å². The van der Waals surface area contributed by atoms with Crippen LogP contribution < -0.4 is 11.1 Å². The van der Waals surface area contributed by atoms with E-state index in [0.29, 0.717) is 0 Å². The van der Waals surface area contributed by atoms with Crippen molar-refractivity contribution in [1.29, 1.82) is 0 Å². The first kappa shape index (κ1) is 26.0. The van der Waals surface area contributed by atoms with Gasteiger partial charge in [-0.25, -0.2) is 4.79 Å². The Hall–Kier alpha value is -3.66. The van der Waals surface area contributed by atoms with Crippen LogP contribution in [-0.2, 0) is 37.3 Å². The second kappa shape index (κ2) is 12.2. The molecule has 0 spiro atoms. The molecule has 3 aromatic rings. The summed E-state index contributed by atoms with van der Waals surface area (Å²) < 4.78 is 17.7. The van der Waals surface area contributed by atoms with Crippen molar-refractivity contribution in [2.24, 2.45) is 10.1 Å². The summed E-state index contributed by atoms with van der Waals surface area (Å²) in [6.07, 6.45) is 0.240. The molecule has 8 nitrogen and oxygen atoms in total. The van der Waals surface area contributed by atoms with Crippen molar-refractivity contribution in [3.63, 3.8) is 0 Å². The highest BCUT2D eigenvalue weighted by molar-refractivity contribution is 8.00. The molecule has 2 amide bonds. The Balaban J connectivity index is 1.81. The summed E-state index contributed by atoms with van der Waals surface area (Å²) in [7, 11) is -3.56. The number of carbonyl (C=O) groups excluding carboxylic acids is 2. The Bertz CT molecular complexity index is 1200. The first-order valence-electron chi connectivity index (χ1n) is 11.0. The standard InChI is InChI=1S/C26H27N3O5S/c27-22(16-19-10-4-1-5-11-19)25(31)29-35(34,21-14-8-3-9-15-21)18-24(30)28-23(26(32)33)17-20-12-6-2-7-13-20/h1-15,22-23H,16-18,27H2,(H2-,28,29,30,31,32,33,34)/t22-,23-,35?/m1/s1. The number of carboxylic acid groups (broad SMARTS) is 1. The highest BCUT2D eigenvalue weighted by Crippen LogP contribution is 2.20. The zero-order chi connectivity index (χ0) is 25.3. The van der Waals surface area contributed by atoms with Crippen molar-refractivity contribution in [1.82, 2.24) is 5.32 Å². The molecule has 0 aliphatic carbocycles. The average molecular weight is 494 g/mol. The van der Waals surface area contributed by atoms with Crippen LogP contribution in [0.3, 0.4) is 0 Å². The van der Waals surface area contributed by atoms with E-state index in [9.17, 15) is 24.0 Å². The Kier molecular flexibility index (Phi) is 9.02. The van der Waals surface area contributed by atoms with Crippen molar-refractivity contribution in [2.45, 2.75) is 29.8 Å². The van der Waals surface area contributed by atoms with E-state index in [-0.39, 0.29) is 17.7 Å². The maximum atomic E-state index is 13.8. The lowest BCUT2D eigenvalue weighted by Gasteiger charge is -2.23. The predicted molar refractivity (Wildman–Crippen MR) is 133 cm³/mol. The molecule has 182 valence electrons. The number of nitrogens with two attached hydrogens (primary N) is 1. The maximum absolute atomic E-state index is 13.8. The molecule has 9 heteroatoms. The fourth-order valence-corrected chi connectivity index (χ4v) is 5.22. The minimum atomic E-state index is -3.56. The third kappa shape index (κ3) is 7.68. The number of hydrogen-bond acceptors (Lipinski definition) is 5. The maximum Gasteiger partial charge on any atom is 0.326 e. The van der Waals surface area contributed by atoms with Gasteiger partial charge in [0.25, 0.3) is 5.91 Å². The minimum absolute atomic E-state index is 0.0481. The number of rotatable bonds is 10. The van der Waals surface area contributed by atoms with E-state index in [0.717, 1.165) is 11.1 Å². The Morgan fingerprint density at radius 3 is 1.86 bits per heavy atom. The van der Waals surface area contributed by atoms with Crippen LogP contribution in [0, 0.1) is 0 Å². The van der Waals surface area contributed by atoms with Crippen LogP contribution in [-0.4, -0.2) is 45.3 Å². The Morgan fingerprint density at radius 2 is 1.34 bits per heavy atom. The van der Waals surface area contributed by atoms with E-state index in [4.69, 9.17) is 5.73 Å². The van der Waals surface area contributed by atoms with Crippen LogP contribution in [0.1, 0.15) is 11.1 Å². The van der Waals surface area contributed by atoms with Crippen molar-refractivity contribution in [3.8, 4) is 0 Å². The summed E-state index contributed by atoms with van der Waals surface area (Å²) in [6.45, 7) is 0. The molecule has 0 fully saturated rings. The number of nitrogens with zero attached hydrogens (tertiary/aromatic N) is 1. The van der Waals surface area contributed by atoms with Crippen molar-refractivity contribution < 1.29 is 24.0 Å². The molecule has 4 N–H and O–H groups in total. The highest BCUT2D eigenvalue weighted by Gasteiger charge is 2.29. The number of benzene rings is 3. The molecule has 3 aromatic carbocycles. The zero-order valence-electron chi connectivity index (χ0n) is 18.9. The molecule has 3 rings (SSSR count). The summed E-state index contributed by atoms with van der Waals surface area (Å²) in [5, 5.41) is 12.0. The van der Waals surface area contributed by atoms with Gasteiger partial charge in [0.15, 0.2) is 5.75 Å².